The highest BCUT2D eigenvalue weighted by molar-refractivity contribution is 8.09. The van der Waals surface area contributed by atoms with E-state index >= 15 is 0 Å². The van der Waals surface area contributed by atoms with Gasteiger partial charge in [0.25, 0.3) is 0 Å². The normalized spacial score (nSPS) is 12.7. The smallest absolute Gasteiger partial charge is 0.306 e. The molecule has 0 fully saturated rings. The fourth-order valence-corrected chi connectivity index (χ4v) is 0.694. The largest absolute Gasteiger partial charge is 0.803 e. The molecule has 3 nitrogen and oxygen atoms in total. The summed E-state index contributed by atoms with van der Waals surface area (Å²) >= 11 is 0. The van der Waals surface area contributed by atoms with E-state index in [1.807, 2.05) is 0 Å². The van der Waals surface area contributed by atoms with Crippen LogP contribution in [0.5, 0.6) is 0 Å². The Hall–Kier alpha value is -0.350. The topological polar surface area (TPSA) is 49.4 Å². The molecule has 0 saturated heterocycles. The molecular weight excluding hydrogens is 140 g/mol. The second kappa shape index (κ2) is 4.52. The molecule has 0 spiro atoms. The third-order valence-corrected chi connectivity index (χ3v) is 1.42. The SMILES string of the molecule is C=S([O-])CCC(=O)OC. The van der Waals surface area contributed by atoms with Crippen LogP contribution < -0.4 is 0 Å². The van der Waals surface area contributed by atoms with Crippen LogP contribution in [0, 0.1) is 0 Å². The Balaban J connectivity index is 3.28. The molecule has 9 heavy (non-hydrogen) atoms. The number of hydrogen-bond donors (Lipinski definition) is 0. The molecule has 0 aliphatic carbocycles. The number of hydrogen-bond acceptors (Lipinski definition) is 3. The zero-order valence-electron chi connectivity index (χ0n) is 5.25. The van der Waals surface area contributed by atoms with E-state index < -0.39 is 10.8 Å². The average molecular weight is 149 g/mol. The van der Waals surface area contributed by atoms with Crippen molar-refractivity contribution in [1.82, 2.24) is 0 Å². The van der Waals surface area contributed by atoms with Crippen molar-refractivity contribution in [1.29, 1.82) is 0 Å². The molecule has 0 rings (SSSR count). The molecule has 0 bridgehead atoms. The van der Waals surface area contributed by atoms with Gasteiger partial charge >= 0.3 is 5.97 Å². The molecule has 0 aromatic carbocycles. The summed E-state index contributed by atoms with van der Waals surface area (Å²) in [5, 5.41) is 0. The fraction of sp³-hybridized carbons (Fsp3) is 0.600. The van der Waals surface area contributed by atoms with Gasteiger partial charge in [0.05, 0.1) is 13.5 Å². The first-order valence-corrected chi connectivity index (χ1v) is 3.90. The first-order chi connectivity index (χ1) is 4.16. The zero-order chi connectivity index (χ0) is 7.28. The molecule has 0 saturated carbocycles. The highest BCUT2D eigenvalue weighted by Crippen LogP contribution is 2.02. The van der Waals surface area contributed by atoms with Crippen LogP contribution in [-0.2, 0) is 9.53 Å². The van der Waals surface area contributed by atoms with Crippen LogP contribution in [0.4, 0.5) is 0 Å². The van der Waals surface area contributed by atoms with Gasteiger partial charge in [0.1, 0.15) is 0 Å². The summed E-state index contributed by atoms with van der Waals surface area (Å²) in [5.74, 6) is 3.15. The third-order valence-electron chi connectivity index (χ3n) is 0.762. The molecular formula is C5H9O3S-. The molecule has 0 aromatic rings. The highest BCUT2D eigenvalue weighted by atomic mass is 32.2. The Morgan fingerprint density at radius 3 is 2.78 bits per heavy atom. The van der Waals surface area contributed by atoms with Crippen molar-refractivity contribution in [2.45, 2.75) is 6.42 Å². The lowest BCUT2D eigenvalue weighted by Crippen LogP contribution is -2.01. The monoisotopic (exact) mass is 149 g/mol. The average Bonchev–Trinajstić information content (AvgIpc) is 1.83. The van der Waals surface area contributed by atoms with Crippen molar-refractivity contribution in [3.05, 3.63) is 0 Å². The first kappa shape index (κ1) is 8.65. The molecule has 1 atom stereocenters. The van der Waals surface area contributed by atoms with Crippen molar-refractivity contribution in [2.75, 3.05) is 12.9 Å². The minimum Gasteiger partial charge on any atom is -0.803 e. The molecule has 54 valence electrons. The number of carbonyl (C=O) groups is 1. The minimum absolute atomic E-state index is 0.187. The van der Waals surface area contributed by atoms with Crippen LogP contribution in [0.3, 0.4) is 0 Å². The van der Waals surface area contributed by atoms with Crippen LogP contribution >= 0.6 is 10.8 Å². The molecule has 0 aliphatic rings. The van der Waals surface area contributed by atoms with E-state index in [1.54, 1.807) is 0 Å². The predicted octanol–water partition coefficient (Wildman–Crippen LogP) is 0.381. The van der Waals surface area contributed by atoms with Crippen molar-refractivity contribution in [3.8, 4) is 0 Å². The molecule has 0 heterocycles. The minimum atomic E-state index is -1.14. The maximum atomic E-state index is 10.3. The Bertz CT molecular complexity index is 121. The number of rotatable bonds is 3. The highest BCUT2D eigenvalue weighted by Gasteiger charge is 1.95. The van der Waals surface area contributed by atoms with Crippen LogP contribution in [0.1, 0.15) is 6.42 Å². The summed E-state index contributed by atoms with van der Waals surface area (Å²) in [7, 11) is 0.161. The first-order valence-electron chi connectivity index (χ1n) is 2.41. The molecule has 1 unspecified atom stereocenters. The second-order valence-electron chi connectivity index (χ2n) is 1.47. The van der Waals surface area contributed by atoms with Crippen LogP contribution in [0.25, 0.3) is 0 Å². The van der Waals surface area contributed by atoms with Gasteiger partial charge in [-0.3, -0.25) is 15.6 Å². The summed E-state index contributed by atoms with van der Waals surface area (Å²) in [5.41, 5.74) is 0. The van der Waals surface area contributed by atoms with Crippen LogP contribution in [0.2, 0.25) is 0 Å². The van der Waals surface area contributed by atoms with Crippen molar-refractivity contribution in [3.63, 3.8) is 0 Å². The summed E-state index contributed by atoms with van der Waals surface area (Å²) in [4.78, 5) is 10.3. The summed E-state index contributed by atoms with van der Waals surface area (Å²) < 4.78 is 14.6. The maximum Gasteiger partial charge on any atom is 0.306 e. The van der Waals surface area contributed by atoms with Gasteiger partial charge in [0.2, 0.25) is 0 Å². The van der Waals surface area contributed by atoms with Gasteiger partial charge in [-0.25, -0.2) is 0 Å². The van der Waals surface area contributed by atoms with Crippen molar-refractivity contribution in [2.24, 2.45) is 0 Å². The molecule has 0 aliphatic heterocycles. The van der Waals surface area contributed by atoms with Crippen molar-refractivity contribution < 1.29 is 14.1 Å². The van der Waals surface area contributed by atoms with Crippen LogP contribution in [-0.4, -0.2) is 29.3 Å². The van der Waals surface area contributed by atoms with Gasteiger partial charge in [0.15, 0.2) is 0 Å². The van der Waals surface area contributed by atoms with Gasteiger partial charge in [-0.05, 0) is 5.75 Å². The zero-order valence-corrected chi connectivity index (χ0v) is 6.07. The Morgan fingerprint density at radius 1 is 1.89 bits per heavy atom. The van der Waals surface area contributed by atoms with Gasteiger partial charge in [0, 0.05) is 0 Å². The van der Waals surface area contributed by atoms with Gasteiger partial charge < -0.3 is 9.29 Å². The molecule has 4 heteroatoms. The number of ether oxygens (including phenoxy) is 1. The van der Waals surface area contributed by atoms with Crippen molar-refractivity contribution >= 4 is 22.6 Å². The lowest BCUT2D eigenvalue weighted by atomic mass is 10.5. The lowest BCUT2D eigenvalue weighted by molar-refractivity contribution is -0.140. The summed E-state index contributed by atoms with van der Waals surface area (Å²) in [6.45, 7) is 0. The van der Waals surface area contributed by atoms with Gasteiger partial charge in [-0.15, -0.1) is 0 Å². The summed E-state index contributed by atoms with van der Waals surface area (Å²) in [6, 6.07) is 0. The Morgan fingerprint density at radius 2 is 2.44 bits per heavy atom. The van der Waals surface area contributed by atoms with E-state index in [0.717, 1.165) is 0 Å². The standard InChI is InChI=1S/C5H9O3S/c1-8-5(6)3-4-9(2)7/h2-4H2,1H3/q-1. The Kier molecular flexibility index (Phi) is 4.35. The molecule has 0 radical (unpaired) electrons. The van der Waals surface area contributed by atoms with E-state index in [4.69, 9.17) is 0 Å². The second-order valence-corrected chi connectivity index (χ2v) is 2.76. The quantitative estimate of drug-likeness (QED) is 0.430. The number of esters is 1. The van der Waals surface area contributed by atoms with Gasteiger partial charge in [-0.2, -0.15) is 0 Å². The summed E-state index contributed by atoms with van der Waals surface area (Å²) in [6.07, 6.45) is 0.187. The van der Waals surface area contributed by atoms with E-state index in [0.29, 0.717) is 0 Å². The Labute approximate surface area is 56.8 Å². The maximum absolute atomic E-state index is 10.3. The molecule has 0 amide bonds. The molecule has 0 aromatic heterocycles. The predicted molar refractivity (Wildman–Crippen MR) is 37.0 cm³/mol. The van der Waals surface area contributed by atoms with E-state index in [9.17, 15) is 9.35 Å². The third kappa shape index (κ3) is 5.52. The van der Waals surface area contributed by atoms with Crippen LogP contribution in [0.15, 0.2) is 0 Å². The van der Waals surface area contributed by atoms with E-state index in [1.165, 1.54) is 7.11 Å². The number of carbonyl (C=O) groups excluding carboxylic acids is 1. The molecule has 0 N–H and O–H groups in total. The number of methoxy groups -OCH3 is 1. The van der Waals surface area contributed by atoms with E-state index in [2.05, 4.69) is 10.6 Å². The van der Waals surface area contributed by atoms with Gasteiger partial charge in [-0.1, -0.05) is 5.87 Å². The van der Waals surface area contributed by atoms with E-state index in [-0.39, 0.29) is 18.1 Å². The lowest BCUT2D eigenvalue weighted by Gasteiger charge is -2.08. The fourth-order valence-electron chi connectivity index (χ4n) is 0.299.